The molecule has 2 heterocycles. The Balaban J connectivity index is 1.66. The normalized spacial score (nSPS) is 24.0. The summed E-state index contributed by atoms with van der Waals surface area (Å²) in [6.07, 6.45) is 1.53. The van der Waals surface area contributed by atoms with Gasteiger partial charge in [0.15, 0.2) is 15.6 Å². The molecule has 2 aromatic rings. The maximum atomic E-state index is 11.4. The Bertz CT molecular complexity index is 712. The molecule has 1 aliphatic rings. The number of aliphatic hydroxyl groups excluding tert-OH is 1. The molecule has 2 atom stereocenters. The van der Waals surface area contributed by atoms with Crippen LogP contribution in [-0.2, 0) is 16.4 Å². The van der Waals surface area contributed by atoms with Gasteiger partial charge in [-0.05, 0) is 5.56 Å². The van der Waals surface area contributed by atoms with Crippen molar-refractivity contribution in [3.8, 4) is 5.75 Å². The average molecular weight is 308 g/mol. The number of hydrogen-bond acceptors (Lipinski definition) is 5. The van der Waals surface area contributed by atoms with Crippen molar-refractivity contribution < 1.29 is 18.3 Å². The van der Waals surface area contributed by atoms with Gasteiger partial charge in [0.05, 0.1) is 30.4 Å². The summed E-state index contributed by atoms with van der Waals surface area (Å²) >= 11 is 0. The molecule has 21 heavy (non-hydrogen) atoms. The molecular weight excluding hydrogens is 292 g/mol. The quantitative estimate of drug-likeness (QED) is 0.888. The first-order chi connectivity index (χ1) is 10.0. The van der Waals surface area contributed by atoms with Crippen LogP contribution in [0.25, 0.3) is 0 Å². The number of nitrogens with zero attached hydrogens (tertiary/aromatic N) is 2. The first kappa shape index (κ1) is 14.1. The summed E-state index contributed by atoms with van der Waals surface area (Å²) in [7, 11) is -3.21. The van der Waals surface area contributed by atoms with E-state index in [2.05, 4.69) is 5.10 Å². The first-order valence-electron chi connectivity index (χ1n) is 6.63. The molecule has 1 aliphatic heterocycles. The molecule has 0 amide bonds. The molecule has 1 saturated heterocycles. The van der Waals surface area contributed by atoms with Gasteiger partial charge in [-0.3, -0.25) is 4.68 Å². The molecule has 0 aliphatic carbocycles. The number of sulfone groups is 1. The van der Waals surface area contributed by atoms with Gasteiger partial charge in [0.2, 0.25) is 0 Å². The van der Waals surface area contributed by atoms with Crippen molar-refractivity contribution in [2.45, 2.75) is 18.8 Å². The topological polar surface area (TPSA) is 81.4 Å². The third kappa shape index (κ3) is 3.43. The van der Waals surface area contributed by atoms with Gasteiger partial charge in [-0.1, -0.05) is 30.3 Å². The maximum absolute atomic E-state index is 11.4. The lowest BCUT2D eigenvalue weighted by Gasteiger charge is -2.13. The van der Waals surface area contributed by atoms with E-state index >= 15 is 0 Å². The third-order valence-electron chi connectivity index (χ3n) is 3.36. The lowest BCUT2D eigenvalue weighted by molar-refractivity contribution is 0.0737. The van der Waals surface area contributed by atoms with Crippen molar-refractivity contribution in [3.05, 3.63) is 48.3 Å². The highest BCUT2D eigenvalue weighted by atomic mass is 32.2. The van der Waals surface area contributed by atoms with Crippen molar-refractivity contribution in [2.75, 3.05) is 11.5 Å². The van der Waals surface area contributed by atoms with Crippen LogP contribution in [0.5, 0.6) is 5.75 Å². The molecule has 112 valence electrons. The summed E-state index contributed by atoms with van der Waals surface area (Å²) in [5, 5.41) is 13.9. The minimum atomic E-state index is -3.21. The summed E-state index contributed by atoms with van der Waals surface area (Å²) in [6, 6.07) is 9.85. The van der Waals surface area contributed by atoms with Crippen LogP contribution in [0.3, 0.4) is 0 Å². The second-order valence-electron chi connectivity index (χ2n) is 5.16. The zero-order chi connectivity index (χ0) is 14.9. The fourth-order valence-electron chi connectivity index (χ4n) is 2.35. The summed E-state index contributed by atoms with van der Waals surface area (Å²) < 4.78 is 30.1. The van der Waals surface area contributed by atoms with Crippen LogP contribution in [-0.4, -0.2) is 47.0 Å². The molecule has 0 bridgehead atoms. The lowest BCUT2D eigenvalue weighted by atomic mass is 10.2. The standard InChI is InChI=1S/C14H16N2O4S/c17-13-9-21(18,19)10-14(13)20-12-6-15-16(8-12)7-11-4-2-1-3-5-11/h1-6,8,13-14,17H,7,9-10H2/t13-,14-/m1/s1. The average Bonchev–Trinajstić information content (AvgIpc) is 2.95. The molecule has 1 N–H and O–H groups in total. The zero-order valence-electron chi connectivity index (χ0n) is 11.3. The van der Waals surface area contributed by atoms with Crippen LogP contribution in [0.1, 0.15) is 5.56 Å². The highest BCUT2D eigenvalue weighted by Gasteiger charge is 2.38. The number of benzene rings is 1. The fourth-order valence-corrected chi connectivity index (χ4v) is 4.01. The van der Waals surface area contributed by atoms with Gasteiger partial charge in [-0.25, -0.2) is 8.42 Å². The van der Waals surface area contributed by atoms with E-state index < -0.39 is 22.0 Å². The Morgan fingerprint density at radius 1 is 1.29 bits per heavy atom. The lowest BCUT2D eigenvalue weighted by Crippen LogP contribution is -2.29. The fraction of sp³-hybridized carbons (Fsp3) is 0.357. The second-order valence-corrected chi connectivity index (χ2v) is 7.31. The van der Waals surface area contributed by atoms with Crippen LogP contribution in [0.2, 0.25) is 0 Å². The van der Waals surface area contributed by atoms with E-state index in [4.69, 9.17) is 4.74 Å². The van der Waals surface area contributed by atoms with Gasteiger partial charge in [-0.2, -0.15) is 5.10 Å². The predicted molar refractivity (Wildman–Crippen MR) is 76.8 cm³/mol. The SMILES string of the molecule is O=S1(=O)C[C@@H](O)[C@H](Oc2cnn(Cc3ccccc3)c2)C1. The molecule has 3 rings (SSSR count). The maximum Gasteiger partial charge on any atom is 0.157 e. The zero-order valence-corrected chi connectivity index (χ0v) is 12.1. The summed E-state index contributed by atoms with van der Waals surface area (Å²) in [5.74, 6) is 0.0699. The van der Waals surface area contributed by atoms with Gasteiger partial charge in [0.25, 0.3) is 0 Å². The van der Waals surface area contributed by atoms with Crippen molar-refractivity contribution in [2.24, 2.45) is 0 Å². The van der Waals surface area contributed by atoms with Gasteiger partial charge in [-0.15, -0.1) is 0 Å². The molecule has 1 aromatic carbocycles. The van der Waals surface area contributed by atoms with Crippen molar-refractivity contribution in [1.29, 1.82) is 0 Å². The van der Waals surface area contributed by atoms with E-state index in [0.29, 0.717) is 12.3 Å². The molecule has 0 unspecified atom stereocenters. The minimum Gasteiger partial charge on any atom is -0.483 e. The Kier molecular flexibility index (Phi) is 3.69. The molecule has 0 radical (unpaired) electrons. The second kappa shape index (κ2) is 5.50. The van der Waals surface area contributed by atoms with Crippen molar-refractivity contribution in [3.63, 3.8) is 0 Å². The molecular formula is C14H16N2O4S. The van der Waals surface area contributed by atoms with Gasteiger partial charge in [0, 0.05) is 0 Å². The van der Waals surface area contributed by atoms with E-state index in [1.54, 1.807) is 10.9 Å². The van der Waals surface area contributed by atoms with Crippen molar-refractivity contribution >= 4 is 9.84 Å². The smallest absolute Gasteiger partial charge is 0.157 e. The highest BCUT2D eigenvalue weighted by Crippen LogP contribution is 2.20. The van der Waals surface area contributed by atoms with Crippen LogP contribution in [0, 0.1) is 0 Å². The summed E-state index contributed by atoms with van der Waals surface area (Å²) in [6.45, 7) is 0.607. The number of aliphatic hydroxyl groups is 1. The van der Waals surface area contributed by atoms with Crippen LogP contribution < -0.4 is 4.74 Å². The number of aromatic nitrogens is 2. The largest absolute Gasteiger partial charge is 0.483 e. The van der Waals surface area contributed by atoms with Crippen LogP contribution in [0.4, 0.5) is 0 Å². The molecule has 0 saturated carbocycles. The number of hydrogen-bond donors (Lipinski definition) is 1. The minimum absolute atomic E-state index is 0.155. The third-order valence-corrected chi connectivity index (χ3v) is 5.04. The molecule has 1 fully saturated rings. The van der Waals surface area contributed by atoms with E-state index in [1.807, 2.05) is 30.3 Å². The van der Waals surface area contributed by atoms with E-state index in [0.717, 1.165) is 5.56 Å². The highest BCUT2D eigenvalue weighted by molar-refractivity contribution is 7.91. The Hall–Kier alpha value is -1.86. The molecule has 7 heteroatoms. The van der Waals surface area contributed by atoms with Gasteiger partial charge in [0.1, 0.15) is 12.2 Å². The number of rotatable bonds is 4. The van der Waals surface area contributed by atoms with Gasteiger partial charge < -0.3 is 9.84 Å². The molecule has 0 spiro atoms. The predicted octanol–water partition coefficient (Wildman–Crippen LogP) is 0.468. The van der Waals surface area contributed by atoms with E-state index in [9.17, 15) is 13.5 Å². The number of ether oxygens (including phenoxy) is 1. The monoisotopic (exact) mass is 308 g/mol. The molecule has 6 nitrogen and oxygen atoms in total. The Labute approximate surface area is 122 Å². The van der Waals surface area contributed by atoms with E-state index in [1.165, 1.54) is 6.20 Å². The van der Waals surface area contributed by atoms with E-state index in [-0.39, 0.29) is 11.5 Å². The Morgan fingerprint density at radius 3 is 2.71 bits per heavy atom. The van der Waals surface area contributed by atoms with Crippen LogP contribution >= 0.6 is 0 Å². The Morgan fingerprint density at radius 2 is 2.05 bits per heavy atom. The summed E-state index contributed by atoms with van der Waals surface area (Å²) in [4.78, 5) is 0. The van der Waals surface area contributed by atoms with Gasteiger partial charge >= 0.3 is 0 Å². The van der Waals surface area contributed by atoms with Crippen molar-refractivity contribution in [1.82, 2.24) is 9.78 Å². The summed E-state index contributed by atoms with van der Waals surface area (Å²) in [5.41, 5.74) is 1.11. The first-order valence-corrected chi connectivity index (χ1v) is 8.45. The molecule has 1 aromatic heterocycles. The van der Waals surface area contributed by atoms with Crippen LogP contribution in [0.15, 0.2) is 42.7 Å².